The Bertz CT molecular complexity index is 530. The van der Waals surface area contributed by atoms with Gasteiger partial charge in [-0.2, -0.15) is 0 Å². The molecule has 0 atom stereocenters. The molecule has 1 aromatic carbocycles. The predicted octanol–water partition coefficient (Wildman–Crippen LogP) is 3.65. The third-order valence-electron chi connectivity index (χ3n) is 3.89. The van der Waals surface area contributed by atoms with Crippen molar-refractivity contribution in [3.8, 4) is 0 Å². The van der Waals surface area contributed by atoms with Gasteiger partial charge < -0.3 is 9.47 Å². The molecule has 0 radical (unpaired) electrons. The number of carbonyl (C=O) groups excluding carboxylic acids is 2. The molecule has 0 unspecified atom stereocenters. The fourth-order valence-corrected chi connectivity index (χ4v) is 2.63. The van der Waals surface area contributed by atoms with Crippen molar-refractivity contribution in [1.82, 2.24) is 0 Å². The van der Waals surface area contributed by atoms with E-state index in [1.807, 2.05) is 0 Å². The van der Waals surface area contributed by atoms with Crippen LogP contribution in [0.15, 0.2) is 36.9 Å². The molecule has 4 nitrogen and oxygen atoms in total. The summed E-state index contributed by atoms with van der Waals surface area (Å²) in [6.45, 7) is 3.95. The summed E-state index contributed by atoms with van der Waals surface area (Å²) in [6.07, 6.45) is 7.15. The first-order valence-corrected chi connectivity index (χ1v) is 7.74. The number of esters is 2. The third-order valence-corrected chi connectivity index (χ3v) is 3.89. The lowest BCUT2D eigenvalue weighted by atomic mass is 9.90. The van der Waals surface area contributed by atoms with Crippen molar-refractivity contribution in [1.29, 1.82) is 0 Å². The highest BCUT2D eigenvalue weighted by Crippen LogP contribution is 2.24. The maximum atomic E-state index is 12.1. The van der Waals surface area contributed by atoms with E-state index >= 15 is 0 Å². The van der Waals surface area contributed by atoms with Gasteiger partial charge in [-0.15, -0.1) is 0 Å². The molecule has 0 bridgehead atoms. The molecular weight excluding hydrogens is 280 g/mol. The van der Waals surface area contributed by atoms with Crippen LogP contribution in [0, 0.1) is 5.92 Å². The summed E-state index contributed by atoms with van der Waals surface area (Å²) >= 11 is 0. The molecule has 0 amide bonds. The molecule has 0 saturated heterocycles. The second kappa shape index (κ2) is 8.37. The van der Waals surface area contributed by atoms with Crippen molar-refractivity contribution < 1.29 is 19.1 Å². The van der Waals surface area contributed by atoms with E-state index in [9.17, 15) is 9.59 Å². The summed E-state index contributed by atoms with van der Waals surface area (Å²) < 4.78 is 10.4. The fourth-order valence-electron chi connectivity index (χ4n) is 2.63. The molecular formula is C18H22O4. The van der Waals surface area contributed by atoms with Gasteiger partial charge in [0.05, 0.1) is 12.2 Å². The molecule has 1 aromatic rings. The van der Waals surface area contributed by atoms with Crippen molar-refractivity contribution in [2.24, 2.45) is 5.92 Å². The Labute approximate surface area is 131 Å². The van der Waals surface area contributed by atoms with Crippen LogP contribution in [0.3, 0.4) is 0 Å². The summed E-state index contributed by atoms with van der Waals surface area (Å²) in [5.74, 6) is -0.304. The van der Waals surface area contributed by atoms with Crippen LogP contribution in [0.2, 0.25) is 0 Å². The normalized spacial score (nSPS) is 15.1. The lowest BCUT2D eigenvalue weighted by molar-refractivity contribution is -0.138. The van der Waals surface area contributed by atoms with Crippen molar-refractivity contribution in [2.75, 3.05) is 6.61 Å². The SMILES string of the molecule is C=CC(=O)OCc1cccc(C(=O)OCC2CCCCC2)c1. The van der Waals surface area contributed by atoms with Gasteiger partial charge in [0.25, 0.3) is 0 Å². The average molecular weight is 302 g/mol. The van der Waals surface area contributed by atoms with Gasteiger partial charge in [0.15, 0.2) is 0 Å². The van der Waals surface area contributed by atoms with E-state index < -0.39 is 5.97 Å². The monoisotopic (exact) mass is 302 g/mol. The fraction of sp³-hybridized carbons (Fsp3) is 0.444. The Balaban J connectivity index is 1.86. The molecule has 4 heteroatoms. The Morgan fingerprint density at radius 2 is 1.95 bits per heavy atom. The van der Waals surface area contributed by atoms with Crippen LogP contribution in [-0.2, 0) is 20.9 Å². The molecule has 2 rings (SSSR count). The van der Waals surface area contributed by atoms with Gasteiger partial charge in [0.2, 0.25) is 0 Å². The largest absolute Gasteiger partial charge is 0.462 e. The van der Waals surface area contributed by atoms with Gasteiger partial charge in [-0.3, -0.25) is 0 Å². The molecule has 1 aliphatic rings. The van der Waals surface area contributed by atoms with Crippen LogP contribution >= 0.6 is 0 Å². The van der Waals surface area contributed by atoms with Crippen LogP contribution in [0.4, 0.5) is 0 Å². The van der Waals surface area contributed by atoms with Gasteiger partial charge in [0.1, 0.15) is 6.61 Å². The smallest absolute Gasteiger partial charge is 0.338 e. The number of benzene rings is 1. The van der Waals surface area contributed by atoms with E-state index in [-0.39, 0.29) is 12.6 Å². The first-order valence-electron chi connectivity index (χ1n) is 7.74. The van der Waals surface area contributed by atoms with Crippen LogP contribution < -0.4 is 0 Å². The quantitative estimate of drug-likeness (QED) is 0.594. The molecule has 118 valence electrons. The van der Waals surface area contributed by atoms with E-state index in [0.717, 1.165) is 24.5 Å². The van der Waals surface area contributed by atoms with Gasteiger partial charge in [-0.25, -0.2) is 9.59 Å². The van der Waals surface area contributed by atoms with E-state index in [2.05, 4.69) is 6.58 Å². The van der Waals surface area contributed by atoms with Gasteiger partial charge in [-0.1, -0.05) is 38.0 Å². The minimum atomic E-state index is -0.481. The van der Waals surface area contributed by atoms with Crippen LogP contribution in [0.25, 0.3) is 0 Å². The zero-order valence-corrected chi connectivity index (χ0v) is 12.8. The second-order valence-electron chi connectivity index (χ2n) is 5.61. The molecule has 1 saturated carbocycles. The van der Waals surface area contributed by atoms with Gasteiger partial charge in [0, 0.05) is 6.08 Å². The first-order chi connectivity index (χ1) is 10.7. The predicted molar refractivity (Wildman–Crippen MR) is 83.3 cm³/mol. The summed E-state index contributed by atoms with van der Waals surface area (Å²) in [6, 6.07) is 6.96. The third kappa shape index (κ3) is 5.02. The molecule has 1 aliphatic carbocycles. The maximum Gasteiger partial charge on any atom is 0.338 e. The highest BCUT2D eigenvalue weighted by Gasteiger charge is 2.16. The number of hydrogen-bond donors (Lipinski definition) is 0. The molecule has 0 aliphatic heterocycles. The number of ether oxygens (including phenoxy) is 2. The van der Waals surface area contributed by atoms with Crippen LogP contribution in [0.5, 0.6) is 0 Å². The lowest BCUT2D eigenvalue weighted by Gasteiger charge is -2.21. The van der Waals surface area contributed by atoms with Crippen LogP contribution in [-0.4, -0.2) is 18.5 Å². The number of carbonyl (C=O) groups is 2. The highest BCUT2D eigenvalue weighted by atomic mass is 16.5. The minimum absolute atomic E-state index is 0.120. The maximum absolute atomic E-state index is 12.1. The first kappa shape index (κ1) is 16.3. The van der Waals surface area contributed by atoms with Crippen LogP contribution in [0.1, 0.15) is 48.0 Å². The summed E-state index contributed by atoms with van der Waals surface area (Å²) in [5, 5.41) is 0. The standard InChI is InChI=1S/C18H22O4/c1-2-17(19)21-13-15-9-6-10-16(11-15)18(20)22-12-14-7-4-3-5-8-14/h2,6,9-11,14H,1,3-5,7-8,12-13H2. The van der Waals surface area contributed by atoms with Crippen molar-refractivity contribution >= 4 is 11.9 Å². The molecule has 22 heavy (non-hydrogen) atoms. The van der Waals surface area contributed by atoms with E-state index in [1.165, 1.54) is 19.3 Å². The Kier molecular flexibility index (Phi) is 6.19. The topological polar surface area (TPSA) is 52.6 Å². The van der Waals surface area contributed by atoms with E-state index in [1.54, 1.807) is 24.3 Å². The number of rotatable bonds is 6. The van der Waals surface area contributed by atoms with Crippen molar-refractivity contribution in [3.05, 3.63) is 48.0 Å². The Morgan fingerprint density at radius 3 is 2.68 bits per heavy atom. The van der Waals surface area contributed by atoms with Gasteiger partial charge >= 0.3 is 11.9 Å². The second-order valence-corrected chi connectivity index (χ2v) is 5.61. The molecule has 1 fully saturated rings. The van der Waals surface area contributed by atoms with E-state index in [4.69, 9.17) is 9.47 Å². The summed E-state index contributed by atoms with van der Waals surface area (Å²) in [5.41, 5.74) is 1.24. The average Bonchev–Trinajstić information content (AvgIpc) is 2.58. The molecule has 0 aromatic heterocycles. The summed E-state index contributed by atoms with van der Waals surface area (Å²) in [4.78, 5) is 23.1. The Morgan fingerprint density at radius 1 is 1.18 bits per heavy atom. The van der Waals surface area contributed by atoms with Crippen molar-refractivity contribution in [3.63, 3.8) is 0 Å². The lowest BCUT2D eigenvalue weighted by Crippen LogP contribution is -2.17. The zero-order valence-electron chi connectivity index (χ0n) is 12.8. The minimum Gasteiger partial charge on any atom is -0.462 e. The number of hydrogen-bond acceptors (Lipinski definition) is 4. The highest BCUT2D eigenvalue weighted by molar-refractivity contribution is 5.89. The molecule has 0 heterocycles. The van der Waals surface area contributed by atoms with E-state index in [0.29, 0.717) is 18.1 Å². The Hall–Kier alpha value is -2.10. The van der Waals surface area contributed by atoms with Crippen molar-refractivity contribution in [2.45, 2.75) is 38.7 Å². The molecule has 0 N–H and O–H groups in total. The molecule has 0 spiro atoms. The van der Waals surface area contributed by atoms with Gasteiger partial charge in [-0.05, 0) is 36.5 Å². The zero-order chi connectivity index (χ0) is 15.8. The summed E-state index contributed by atoms with van der Waals surface area (Å²) in [7, 11) is 0.